The minimum atomic E-state index is -0.0765. The van der Waals surface area contributed by atoms with Crippen molar-refractivity contribution in [1.29, 1.82) is 0 Å². The van der Waals surface area contributed by atoms with E-state index in [2.05, 4.69) is 18.9 Å². The van der Waals surface area contributed by atoms with Crippen molar-refractivity contribution in [3.05, 3.63) is 16.0 Å². The van der Waals surface area contributed by atoms with Gasteiger partial charge in [0.2, 0.25) is 0 Å². The zero-order chi connectivity index (χ0) is 11.6. The molecule has 0 atom stereocenters. The van der Waals surface area contributed by atoms with Crippen LogP contribution >= 0.6 is 0 Å². The van der Waals surface area contributed by atoms with Crippen LogP contribution in [0.5, 0.6) is 0 Å². The summed E-state index contributed by atoms with van der Waals surface area (Å²) in [7, 11) is 0. The van der Waals surface area contributed by atoms with Crippen molar-refractivity contribution in [3.63, 3.8) is 0 Å². The Labute approximate surface area is 90.5 Å². The molecule has 3 N–H and O–H groups in total. The number of hydrogen-bond acceptors (Lipinski definition) is 2. The molecule has 0 aliphatic carbocycles. The predicted octanol–water partition coefficient (Wildman–Crippen LogP) is 2.24. The van der Waals surface area contributed by atoms with Gasteiger partial charge in [-0.3, -0.25) is 9.89 Å². The summed E-state index contributed by atoms with van der Waals surface area (Å²) >= 11 is 0. The van der Waals surface area contributed by atoms with Gasteiger partial charge in [0, 0.05) is 0 Å². The number of nitrogen functional groups attached to an aromatic ring is 1. The molecule has 0 aliphatic rings. The number of hydrogen-bond donors (Lipinski definition) is 2. The number of rotatable bonds is 4. The Morgan fingerprint density at radius 1 is 1.33 bits per heavy atom. The maximum absolute atomic E-state index is 11.9. The quantitative estimate of drug-likeness (QED) is 0.802. The molecule has 0 fully saturated rings. The average Bonchev–Trinajstić information content (AvgIpc) is 2.48. The number of aromatic nitrogens is 2. The van der Waals surface area contributed by atoms with Gasteiger partial charge in [-0.25, -0.2) is 4.68 Å². The lowest BCUT2D eigenvalue weighted by Crippen LogP contribution is -2.22. The molecule has 0 aromatic carbocycles. The van der Waals surface area contributed by atoms with E-state index in [4.69, 9.17) is 5.73 Å². The Hall–Kier alpha value is -1.19. The molecule has 4 heteroatoms. The molecule has 0 aliphatic heterocycles. The van der Waals surface area contributed by atoms with Crippen molar-refractivity contribution in [2.45, 2.75) is 52.5 Å². The summed E-state index contributed by atoms with van der Waals surface area (Å²) < 4.78 is 1.67. The van der Waals surface area contributed by atoms with Gasteiger partial charge in [-0.05, 0) is 18.8 Å². The zero-order valence-corrected chi connectivity index (χ0v) is 10.0. The fourth-order valence-corrected chi connectivity index (χ4v) is 1.84. The molecule has 86 valence electrons. The van der Waals surface area contributed by atoms with E-state index in [0.29, 0.717) is 5.69 Å². The number of nitrogens with zero attached hydrogens (tertiary/aromatic N) is 1. The van der Waals surface area contributed by atoms with E-state index in [1.165, 1.54) is 0 Å². The molecule has 4 nitrogen and oxygen atoms in total. The summed E-state index contributed by atoms with van der Waals surface area (Å²) in [6.07, 6.45) is 1.88. The minimum Gasteiger partial charge on any atom is -0.393 e. The van der Waals surface area contributed by atoms with E-state index in [1.807, 2.05) is 13.8 Å². The summed E-state index contributed by atoms with van der Waals surface area (Å²) in [5.41, 5.74) is 6.94. The highest BCUT2D eigenvalue weighted by molar-refractivity contribution is 5.42. The molecular formula is C11H21N3O. The SMILES string of the molecule is CCC(CC)n1[nH]c(C(C)C)c(N)c1=O. The van der Waals surface area contributed by atoms with Crippen LogP contribution in [-0.4, -0.2) is 9.78 Å². The standard InChI is InChI=1S/C11H21N3O/c1-5-8(6-2)14-11(15)9(12)10(13-14)7(3)4/h7-8,13H,5-6,12H2,1-4H3. The Balaban J connectivity index is 3.21. The largest absolute Gasteiger partial charge is 0.393 e. The first-order chi connectivity index (χ1) is 7.02. The molecule has 0 saturated heterocycles. The van der Waals surface area contributed by atoms with E-state index in [0.717, 1.165) is 18.5 Å². The zero-order valence-electron chi connectivity index (χ0n) is 10.0. The van der Waals surface area contributed by atoms with Crippen LogP contribution < -0.4 is 11.3 Å². The molecule has 15 heavy (non-hydrogen) atoms. The van der Waals surface area contributed by atoms with E-state index >= 15 is 0 Å². The van der Waals surface area contributed by atoms with E-state index < -0.39 is 0 Å². The van der Waals surface area contributed by atoms with E-state index in [-0.39, 0.29) is 17.5 Å². The van der Waals surface area contributed by atoms with Crippen LogP contribution in [0.3, 0.4) is 0 Å². The third kappa shape index (κ3) is 2.08. The van der Waals surface area contributed by atoms with Crippen LogP contribution in [0.4, 0.5) is 5.69 Å². The van der Waals surface area contributed by atoms with Gasteiger partial charge >= 0.3 is 0 Å². The van der Waals surface area contributed by atoms with Crippen molar-refractivity contribution in [2.24, 2.45) is 0 Å². The number of nitrogens with one attached hydrogen (secondary N) is 1. The highest BCUT2D eigenvalue weighted by Gasteiger charge is 2.17. The minimum absolute atomic E-state index is 0.0765. The lowest BCUT2D eigenvalue weighted by molar-refractivity contribution is 0.414. The number of nitrogens with two attached hydrogens (primary N) is 1. The molecule has 0 saturated carbocycles. The average molecular weight is 211 g/mol. The van der Waals surface area contributed by atoms with Crippen LogP contribution in [-0.2, 0) is 0 Å². The van der Waals surface area contributed by atoms with Gasteiger partial charge < -0.3 is 5.73 Å². The third-order valence-corrected chi connectivity index (χ3v) is 2.87. The van der Waals surface area contributed by atoms with Gasteiger partial charge in [0.25, 0.3) is 5.56 Å². The van der Waals surface area contributed by atoms with Crippen LogP contribution in [0.2, 0.25) is 0 Å². The van der Waals surface area contributed by atoms with E-state index in [1.54, 1.807) is 4.68 Å². The molecule has 0 amide bonds. The molecule has 0 radical (unpaired) electrons. The third-order valence-electron chi connectivity index (χ3n) is 2.87. The summed E-state index contributed by atoms with van der Waals surface area (Å²) in [6.45, 7) is 8.21. The fraction of sp³-hybridized carbons (Fsp3) is 0.727. The first-order valence-electron chi connectivity index (χ1n) is 5.62. The summed E-state index contributed by atoms with van der Waals surface area (Å²) in [4.78, 5) is 11.9. The molecule has 1 heterocycles. The Bertz CT molecular complexity index is 372. The predicted molar refractivity (Wildman–Crippen MR) is 63.2 cm³/mol. The normalized spacial score (nSPS) is 11.6. The second-order valence-electron chi connectivity index (χ2n) is 4.24. The van der Waals surface area contributed by atoms with Crippen molar-refractivity contribution < 1.29 is 0 Å². The Morgan fingerprint density at radius 3 is 2.20 bits per heavy atom. The van der Waals surface area contributed by atoms with Crippen LogP contribution in [0, 0.1) is 0 Å². The van der Waals surface area contributed by atoms with Crippen LogP contribution in [0.1, 0.15) is 58.2 Å². The van der Waals surface area contributed by atoms with Crippen molar-refractivity contribution in [1.82, 2.24) is 9.78 Å². The number of anilines is 1. The lowest BCUT2D eigenvalue weighted by atomic mass is 10.1. The number of H-pyrrole nitrogens is 1. The second-order valence-corrected chi connectivity index (χ2v) is 4.24. The van der Waals surface area contributed by atoms with Gasteiger partial charge in [-0.2, -0.15) is 0 Å². The molecule has 0 unspecified atom stereocenters. The fourth-order valence-electron chi connectivity index (χ4n) is 1.84. The van der Waals surface area contributed by atoms with Crippen LogP contribution in [0.25, 0.3) is 0 Å². The molecule has 0 bridgehead atoms. The van der Waals surface area contributed by atoms with Gasteiger partial charge in [0.05, 0.1) is 11.7 Å². The number of aromatic amines is 1. The van der Waals surface area contributed by atoms with E-state index in [9.17, 15) is 4.79 Å². The summed E-state index contributed by atoms with van der Waals surface area (Å²) in [5.74, 6) is 0.258. The van der Waals surface area contributed by atoms with Crippen molar-refractivity contribution >= 4 is 5.69 Å². The first kappa shape index (κ1) is 11.9. The topological polar surface area (TPSA) is 63.8 Å². The molecule has 1 aromatic rings. The van der Waals surface area contributed by atoms with Crippen molar-refractivity contribution in [2.75, 3.05) is 5.73 Å². The summed E-state index contributed by atoms with van der Waals surface area (Å²) in [5, 5.41) is 3.13. The Kier molecular flexibility index (Phi) is 3.61. The van der Waals surface area contributed by atoms with Gasteiger partial charge in [0.1, 0.15) is 5.69 Å². The monoisotopic (exact) mass is 211 g/mol. The van der Waals surface area contributed by atoms with Gasteiger partial charge in [-0.15, -0.1) is 0 Å². The molecule has 1 aromatic heterocycles. The smallest absolute Gasteiger partial charge is 0.290 e. The molecular weight excluding hydrogens is 190 g/mol. The second kappa shape index (κ2) is 4.55. The van der Waals surface area contributed by atoms with Crippen molar-refractivity contribution in [3.8, 4) is 0 Å². The highest BCUT2D eigenvalue weighted by Crippen LogP contribution is 2.19. The first-order valence-corrected chi connectivity index (χ1v) is 5.62. The van der Waals surface area contributed by atoms with Gasteiger partial charge in [0.15, 0.2) is 0 Å². The maximum atomic E-state index is 11.9. The van der Waals surface area contributed by atoms with Crippen LogP contribution in [0.15, 0.2) is 4.79 Å². The van der Waals surface area contributed by atoms with Gasteiger partial charge in [-0.1, -0.05) is 27.7 Å². The summed E-state index contributed by atoms with van der Waals surface area (Å²) in [6, 6.07) is 0.229. The maximum Gasteiger partial charge on any atom is 0.290 e. The lowest BCUT2D eigenvalue weighted by Gasteiger charge is -2.13. The molecule has 1 rings (SSSR count). The highest BCUT2D eigenvalue weighted by atomic mass is 16.1. The molecule has 0 spiro atoms. The Morgan fingerprint density at radius 2 is 1.87 bits per heavy atom.